The molecule has 1 aliphatic carbocycles. The molecule has 27 heavy (non-hydrogen) atoms. The van der Waals surface area contributed by atoms with E-state index in [9.17, 15) is 0 Å². The number of rotatable bonds is 0. The fourth-order valence-corrected chi connectivity index (χ4v) is 3.91. The van der Waals surface area contributed by atoms with Gasteiger partial charge in [-0.05, 0) is 61.6 Å². The maximum absolute atomic E-state index is 8.63. The van der Waals surface area contributed by atoms with Gasteiger partial charge in [0.05, 0.1) is 0 Å². The summed E-state index contributed by atoms with van der Waals surface area (Å²) in [6.07, 6.45) is 4.49. The zero-order valence-electron chi connectivity index (χ0n) is 14.8. The number of fused-ring (bicyclic) bond motifs is 4. The molecule has 0 radical (unpaired) electrons. The van der Waals surface area contributed by atoms with Gasteiger partial charge in [-0.1, -0.05) is 84.9 Å². The SMILES string of the molecule is C1=Cc2c3ccc4ccccc4c3cc3cccc1c23.Oc1ccccc1. The first-order chi connectivity index (χ1) is 13.3. The lowest BCUT2D eigenvalue weighted by molar-refractivity contribution is 0.475. The van der Waals surface area contributed by atoms with Gasteiger partial charge in [0.2, 0.25) is 0 Å². The second kappa shape index (κ2) is 6.30. The van der Waals surface area contributed by atoms with Crippen LogP contribution in [-0.4, -0.2) is 5.11 Å². The fourth-order valence-electron chi connectivity index (χ4n) is 3.91. The van der Waals surface area contributed by atoms with E-state index in [-0.39, 0.29) is 0 Å². The van der Waals surface area contributed by atoms with Crippen LogP contribution in [0, 0.1) is 0 Å². The first-order valence-corrected chi connectivity index (χ1v) is 9.10. The number of phenols is 1. The molecule has 0 saturated carbocycles. The molecule has 1 nitrogen and oxygen atoms in total. The van der Waals surface area contributed by atoms with Gasteiger partial charge < -0.3 is 5.11 Å². The normalized spacial score (nSPS) is 11.7. The molecule has 0 bridgehead atoms. The van der Waals surface area contributed by atoms with Crippen molar-refractivity contribution in [1.29, 1.82) is 0 Å². The van der Waals surface area contributed by atoms with Gasteiger partial charge in [-0.3, -0.25) is 0 Å². The Kier molecular flexibility index (Phi) is 3.65. The van der Waals surface area contributed by atoms with Crippen LogP contribution >= 0.6 is 0 Å². The van der Waals surface area contributed by atoms with Gasteiger partial charge in [0.1, 0.15) is 5.75 Å². The maximum atomic E-state index is 8.63. The summed E-state index contributed by atoms with van der Waals surface area (Å²) in [6, 6.07) is 30.7. The lowest BCUT2D eigenvalue weighted by Gasteiger charge is -2.09. The van der Waals surface area contributed by atoms with Crippen LogP contribution in [0.2, 0.25) is 0 Å². The van der Waals surface area contributed by atoms with Crippen LogP contribution < -0.4 is 0 Å². The first kappa shape index (κ1) is 15.7. The molecule has 0 heterocycles. The van der Waals surface area contributed by atoms with Crippen molar-refractivity contribution >= 4 is 44.5 Å². The highest BCUT2D eigenvalue weighted by Crippen LogP contribution is 2.39. The van der Waals surface area contributed by atoms with Gasteiger partial charge in [0, 0.05) is 0 Å². The lowest BCUT2D eigenvalue weighted by Crippen LogP contribution is -1.84. The summed E-state index contributed by atoms with van der Waals surface area (Å²) >= 11 is 0. The maximum Gasteiger partial charge on any atom is 0.115 e. The van der Waals surface area contributed by atoms with Gasteiger partial charge in [-0.15, -0.1) is 0 Å². The minimum atomic E-state index is 0.322. The predicted molar refractivity (Wildman–Crippen MR) is 116 cm³/mol. The molecule has 0 atom stereocenters. The second-order valence-electron chi connectivity index (χ2n) is 6.79. The van der Waals surface area contributed by atoms with E-state index in [1.165, 1.54) is 43.4 Å². The van der Waals surface area contributed by atoms with Crippen molar-refractivity contribution < 1.29 is 5.11 Å². The molecular weight excluding hydrogens is 328 g/mol. The lowest BCUT2D eigenvalue weighted by atomic mass is 9.94. The number of benzene rings is 5. The third-order valence-electron chi connectivity index (χ3n) is 5.14. The molecule has 0 fully saturated rings. The average Bonchev–Trinajstić information content (AvgIpc) is 3.15. The Morgan fingerprint density at radius 3 is 2.11 bits per heavy atom. The van der Waals surface area contributed by atoms with Crippen LogP contribution in [0.25, 0.3) is 44.5 Å². The van der Waals surface area contributed by atoms with Crippen molar-refractivity contribution in [1.82, 2.24) is 0 Å². The van der Waals surface area contributed by atoms with Crippen LogP contribution in [0.1, 0.15) is 11.1 Å². The largest absolute Gasteiger partial charge is 0.508 e. The molecule has 5 aromatic rings. The minimum absolute atomic E-state index is 0.322. The standard InChI is InChI=1S/C20H12.C6H6O/c1-2-7-16-13(4-1)8-10-17-18-11-9-14-5-3-6-15(20(14)18)12-19(16)17;7-6-4-2-1-3-5-6/h1-12H;1-5,7H. The average molecular weight is 346 g/mol. The van der Waals surface area contributed by atoms with E-state index in [0.717, 1.165) is 0 Å². The molecular formula is C26H18O. The zero-order valence-corrected chi connectivity index (χ0v) is 14.8. The van der Waals surface area contributed by atoms with Crippen molar-refractivity contribution in [3.63, 3.8) is 0 Å². The van der Waals surface area contributed by atoms with E-state index in [0.29, 0.717) is 5.75 Å². The molecule has 0 aliphatic heterocycles. The Morgan fingerprint density at radius 1 is 0.519 bits per heavy atom. The molecule has 0 aromatic heterocycles. The summed E-state index contributed by atoms with van der Waals surface area (Å²) in [5, 5.41) is 16.7. The Morgan fingerprint density at radius 2 is 1.30 bits per heavy atom. The van der Waals surface area contributed by atoms with Crippen molar-refractivity contribution in [2.45, 2.75) is 0 Å². The smallest absolute Gasteiger partial charge is 0.115 e. The Bertz CT molecular complexity index is 1310. The zero-order chi connectivity index (χ0) is 18.2. The number of phenolic OH excluding ortho intramolecular Hbond substituents is 1. The van der Waals surface area contributed by atoms with E-state index < -0.39 is 0 Å². The molecule has 1 aliphatic rings. The molecule has 0 unspecified atom stereocenters. The molecule has 128 valence electrons. The fraction of sp³-hybridized carbons (Fsp3) is 0. The molecule has 5 aromatic carbocycles. The van der Waals surface area contributed by atoms with Crippen LogP contribution in [0.4, 0.5) is 0 Å². The highest BCUT2D eigenvalue weighted by molar-refractivity contribution is 6.20. The summed E-state index contributed by atoms with van der Waals surface area (Å²) in [5.41, 5.74) is 2.71. The predicted octanol–water partition coefficient (Wildman–Crippen LogP) is 7.02. The van der Waals surface area contributed by atoms with Gasteiger partial charge in [0.25, 0.3) is 0 Å². The molecule has 1 heteroatoms. The Labute approximate surface area is 157 Å². The van der Waals surface area contributed by atoms with Crippen LogP contribution in [-0.2, 0) is 0 Å². The molecule has 6 rings (SSSR count). The van der Waals surface area contributed by atoms with E-state index in [1.807, 2.05) is 6.07 Å². The van der Waals surface area contributed by atoms with Crippen molar-refractivity contribution in [3.05, 3.63) is 102 Å². The Hall–Kier alpha value is -3.58. The molecule has 0 spiro atoms. The van der Waals surface area contributed by atoms with Gasteiger partial charge in [0.15, 0.2) is 0 Å². The summed E-state index contributed by atoms with van der Waals surface area (Å²) < 4.78 is 0. The van der Waals surface area contributed by atoms with Crippen LogP contribution in [0.3, 0.4) is 0 Å². The third kappa shape index (κ3) is 2.65. The minimum Gasteiger partial charge on any atom is -0.508 e. The first-order valence-electron chi connectivity index (χ1n) is 9.10. The number of hydrogen-bond acceptors (Lipinski definition) is 1. The monoisotopic (exact) mass is 346 g/mol. The van der Waals surface area contributed by atoms with Crippen LogP contribution in [0.5, 0.6) is 5.75 Å². The number of hydrogen-bond donors (Lipinski definition) is 1. The number of aromatic hydroxyl groups is 1. The van der Waals surface area contributed by atoms with Gasteiger partial charge in [-0.2, -0.15) is 0 Å². The third-order valence-corrected chi connectivity index (χ3v) is 5.14. The number of para-hydroxylation sites is 1. The summed E-state index contributed by atoms with van der Waals surface area (Å²) in [6.45, 7) is 0. The quantitative estimate of drug-likeness (QED) is 0.231. The van der Waals surface area contributed by atoms with Gasteiger partial charge in [-0.25, -0.2) is 0 Å². The molecule has 1 N–H and O–H groups in total. The summed E-state index contributed by atoms with van der Waals surface area (Å²) in [4.78, 5) is 0. The van der Waals surface area contributed by atoms with E-state index in [2.05, 4.69) is 72.8 Å². The van der Waals surface area contributed by atoms with Crippen molar-refractivity contribution in [2.24, 2.45) is 0 Å². The van der Waals surface area contributed by atoms with Crippen molar-refractivity contribution in [3.8, 4) is 5.75 Å². The van der Waals surface area contributed by atoms with E-state index >= 15 is 0 Å². The second-order valence-corrected chi connectivity index (χ2v) is 6.79. The van der Waals surface area contributed by atoms with Crippen LogP contribution in [0.15, 0.2) is 91.0 Å². The molecule has 0 saturated heterocycles. The van der Waals surface area contributed by atoms with E-state index in [1.54, 1.807) is 24.3 Å². The summed E-state index contributed by atoms with van der Waals surface area (Å²) in [5.74, 6) is 0.322. The van der Waals surface area contributed by atoms with Crippen molar-refractivity contribution in [2.75, 3.05) is 0 Å². The highest BCUT2D eigenvalue weighted by Gasteiger charge is 2.13. The van der Waals surface area contributed by atoms with E-state index in [4.69, 9.17) is 5.11 Å². The topological polar surface area (TPSA) is 20.2 Å². The highest BCUT2D eigenvalue weighted by atomic mass is 16.3. The van der Waals surface area contributed by atoms with Gasteiger partial charge >= 0.3 is 0 Å². The Balaban J connectivity index is 0.000000195. The molecule has 0 amide bonds. The summed E-state index contributed by atoms with van der Waals surface area (Å²) in [7, 11) is 0.